The number of unbranched alkanes of at least 4 members (excludes halogenated alkanes) is 3. The molecule has 2 heteroatoms. The van der Waals surface area contributed by atoms with Crippen molar-refractivity contribution in [1.29, 1.82) is 0 Å². The Morgan fingerprint density at radius 1 is 1.30 bits per heavy atom. The van der Waals surface area contributed by atoms with Crippen LogP contribution in [0, 0.1) is 0 Å². The van der Waals surface area contributed by atoms with Crippen LogP contribution >= 0.6 is 21.7 Å². The van der Waals surface area contributed by atoms with E-state index in [2.05, 4.69) is 13.8 Å². The first-order valence-electron chi connectivity index (χ1n) is 4.08. The summed E-state index contributed by atoms with van der Waals surface area (Å²) in [7, 11) is 7.04. The summed E-state index contributed by atoms with van der Waals surface area (Å²) in [6.07, 6.45) is 6.68. The molecule has 1 atom stereocenters. The highest BCUT2D eigenvalue weighted by atomic mass is 35.7. The fourth-order valence-electron chi connectivity index (χ4n) is 0.903. The Bertz CT molecular complexity index is 66.3. The Balaban J connectivity index is 2.89. The molecule has 0 aromatic carbocycles. The van der Waals surface area contributed by atoms with Crippen molar-refractivity contribution in [3.63, 3.8) is 0 Å². The van der Waals surface area contributed by atoms with E-state index in [0.717, 1.165) is 0 Å². The van der Waals surface area contributed by atoms with Gasteiger partial charge in [-0.15, -0.1) is 0 Å². The molecule has 0 unspecified atom stereocenters. The third kappa shape index (κ3) is 6.76. The standard InChI is InChI=1S/C8H17ClS/c1-3-4-5-6-7-8(2)10-9/h8H,3-7H2,1-2H3/t8-/m0/s1. The fraction of sp³-hybridized carbons (Fsp3) is 1.00. The summed E-state index contributed by atoms with van der Waals surface area (Å²) in [6.45, 7) is 4.42. The molecule has 0 heterocycles. The Labute approximate surface area is 73.2 Å². The van der Waals surface area contributed by atoms with Gasteiger partial charge in [0.05, 0.1) is 0 Å². The van der Waals surface area contributed by atoms with Gasteiger partial charge in [0.25, 0.3) is 0 Å². The van der Waals surface area contributed by atoms with Gasteiger partial charge in [0.15, 0.2) is 0 Å². The van der Waals surface area contributed by atoms with E-state index in [-0.39, 0.29) is 0 Å². The van der Waals surface area contributed by atoms with Crippen molar-refractivity contribution in [2.75, 3.05) is 0 Å². The predicted octanol–water partition coefficient (Wildman–Crippen LogP) is 4.23. The molecule has 0 fully saturated rings. The van der Waals surface area contributed by atoms with Crippen LogP contribution in [0.1, 0.15) is 46.0 Å². The molecule has 0 aliphatic rings. The average molecular weight is 181 g/mol. The van der Waals surface area contributed by atoms with E-state index in [4.69, 9.17) is 10.7 Å². The summed E-state index contributed by atoms with van der Waals surface area (Å²) in [4.78, 5) is 0. The molecule has 0 amide bonds. The van der Waals surface area contributed by atoms with E-state index in [9.17, 15) is 0 Å². The highest BCUT2D eigenvalue weighted by molar-refractivity contribution is 8.21. The van der Waals surface area contributed by atoms with Gasteiger partial charge in [-0.05, 0) is 17.1 Å². The van der Waals surface area contributed by atoms with Gasteiger partial charge in [-0.25, -0.2) is 0 Å². The van der Waals surface area contributed by atoms with Crippen LogP contribution in [0.4, 0.5) is 0 Å². The third-order valence-electron chi connectivity index (χ3n) is 1.62. The van der Waals surface area contributed by atoms with Crippen LogP contribution < -0.4 is 0 Å². The summed E-state index contributed by atoms with van der Waals surface area (Å²) in [5.41, 5.74) is 0. The molecule has 62 valence electrons. The molecule has 0 bridgehead atoms. The largest absolute Gasteiger partial charge is 0.0654 e. The van der Waals surface area contributed by atoms with Gasteiger partial charge in [0, 0.05) is 5.25 Å². The summed E-state index contributed by atoms with van der Waals surface area (Å²) in [5, 5.41) is 0.638. The van der Waals surface area contributed by atoms with Gasteiger partial charge in [-0.2, -0.15) is 0 Å². The normalized spacial score (nSPS) is 13.5. The van der Waals surface area contributed by atoms with Crippen molar-refractivity contribution in [2.45, 2.75) is 51.2 Å². The summed E-state index contributed by atoms with van der Waals surface area (Å²) >= 11 is 0. The minimum Gasteiger partial charge on any atom is -0.0654 e. The first kappa shape index (κ1) is 10.6. The molecule has 0 aliphatic carbocycles. The second-order valence-corrected chi connectivity index (χ2v) is 4.27. The molecule has 0 nitrogen and oxygen atoms in total. The molecule has 0 saturated heterocycles. The van der Waals surface area contributed by atoms with E-state index in [0.29, 0.717) is 5.25 Å². The van der Waals surface area contributed by atoms with Crippen molar-refractivity contribution in [3.8, 4) is 0 Å². The van der Waals surface area contributed by atoms with Crippen molar-refractivity contribution < 1.29 is 0 Å². The van der Waals surface area contributed by atoms with E-state index < -0.39 is 0 Å². The van der Waals surface area contributed by atoms with Gasteiger partial charge in [0.2, 0.25) is 0 Å². The summed E-state index contributed by atoms with van der Waals surface area (Å²) in [6, 6.07) is 0. The van der Waals surface area contributed by atoms with Crippen molar-refractivity contribution in [2.24, 2.45) is 0 Å². The van der Waals surface area contributed by atoms with Crippen LogP contribution in [0.3, 0.4) is 0 Å². The van der Waals surface area contributed by atoms with Gasteiger partial charge >= 0.3 is 0 Å². The van der Waals surface area contributed by atoms with E-state index >= 15 is 0 Å². The molecule has 0 aromatic rings. The van der Waals surface area contributed by atoms with Gasteiger partial charge in [0.1, 0.15) is 0 Å². The molecule has 0 aromatic heterocycles. The van der Waals surface area contributed by atoms with Crippen LogP contribution in [0.15, 0.2) is 0 Å². The van der Waals surface area contributed by atoms with E-state index in [1.165, 1.54) is 43.1 Å². The van der Waals surface area contributed by atoms with Crippen LogP contribution in [0.25, 0.3) is 0 Å². The maximum atomic E-state index is 5.58. The van der Waals surface area contributed by atoms with Crippen LogP contribution in [0.2, 0.25) is 0 Å². The molecule has 0 aliphatic heterocycles. The van der Waals surface area contributed by atoms with Crippen molar-refractivity contribution in [1.82, 2.24) is 0 Å². The van der Waals surface area contributed by atoms with Crippen LogP contribution in [0.5, 0.6) is 0 Å². The molecular weight excluding hydrogens is 164 g/mol. The SMILES string of the molecule is CCCCCC[C@H](C)SCl. The highest BCUT2D eigenvalue weighted by Gasteiger charge is 1.98. The molecule has 0 N–H and O–H groups in total. The van der Waals surface area contributed by atoms with Crippen molar-refractivity contribution >= 4 is 21.7 Å². The van der Waals surface area contributed by atoms with Crippen molar-refractivity contribution in [3.05, 3.63) is 0 Å². The third-order valence-corrected chi connectivity index (χ3v) is 3.07. The molecular formula is C8H17ClS. The number of rotatable bonds is 6. The Kier molecular flexibility index (Phi) is 8.24. The Morgan fingerprint density at radius 3 is 2.50 bits per heavy atom. The molecule has 0 radical (unpaired) electrons. The number of halogens is 1. The zero-order valence-corrected chi connectivity index (χ0v) is 8.47. The lowest BCUT2D eigenvalue weighted by atomic mass is 10.1. The van der Waals surface area contributed by atoms with Gasteiger partial charge in [-0.1, -0.05) is 50.5 Å². The number of hydrogen-bond acceptors (Lipinski definition) is 1. The maximum absolute atomic E-state index is 5.58. The second kappa shape index (κ2) is 7.74. The highest BCUT2D eigenvalue weighted by Crippen LogP contribution is 2.20. The topological polar surface area (TPSA) is 0 Å². The molecule has 0 spiro atoms. The lowest BCUT2D eigenvalue weighted by Gasteiger charge is -2.04. The Hall–Kier alpha value is 0.640. The number of hydrogen-bond donors (Lipinski definition) is 0. The first-order chi connectivity index (χ1) is 4.81. The average Bonchev–Trinajstić information content (AvgIpc) is 1.98. The minimum atomic E-state index is 0.638. The zero-order valence-electron chi connectivity index (χ0n) is 6.90. The van der Waals surface area contributed by atoms with Crippen LogP contribution in [-0.4, -0.2) is 5.25 Å². The smallest absolute Gasteiger partial charge is 0.0171 e. The second-order valence-electron chi connectivity index (χ2n) is 2.75. The maximum Gasteiger partial charge on any atom is 0.0171 e. The monoisotopic (exact) mass is 180 g/mol. The quantitative estimate of drug-likeness (QED) is 0.552. The lowest BCUT2D eigenvalue weighted by molar-refractivity contribution is 0.631. The predicted molar refractivity (Wildman–Crippen MR) is 51.7 cm³/mol. The molecule has 10 heavy (non-hydrogen) atoms. The Morgan fingerprint density at radius 2 is 2.00 bits per heavy atom. The minimum absolute atomic E-state index is 0.638. The summed E-state index contributed by atoms with van der Waals surface area (Å²) < 4.78 is 0. The lowest BCUT2D eigenvalue weighted by Crippen LogP contribution is -1.91. The van der Waals surface area contributed by atoms with E-state index in [1.807, 2.05) is 0 Å². The molecule has 0 saturated carbocycles. The van der Waals surface area contributed by atoms with Crippen LogP contribution in [-0.2, 0) is 0 Å². The first-order valence-corrected chi connectivity index (χ1v) is 5.79. The van der Waals surface area contributed by atoms with Gasteiger partial charge in [-0.3, -0.25) is 0 Å². The summed E-state index contributed by atoms with van der Waals surface area (Å²) in [5.74, 6) is 0. The fourth-order valence-corrected chi connectivity index (χ4v) is 1.43. The zero-order chi connectivity index (χ0) is 7.82. The van der Waals surface area contributed by atoms with E-state index in [1.54, 1.807) is 0 Å². The van der Waals surface area contributed by atoms with Gasteiger partial charge < -0.3 is 0 Å². The molecule has 0 rings (SSSR count).